The summed E-state index contributed by atoms with van der Waals surface area (Å²) in [6, 6.07) is 23.8. The van der Waals surface area contributed by atoms with Gasteiger partial charge in [-0.2, -0.15) is 0 Å². The molecule has 2 atom stereocenters. The maximum atomic E-state index is 12.3. The number of nitrogens with one attached hydrogen (secondary N) is 3. The van der Waals surface area contributed by atoms with Gasteiger partial charge in [0.1, 0.15) is 13.2 Å². The maximum absolute atomic E-state index is 12.3. The molecule has 0 fully saturated rings. The summed E-state index contributed by atoms with van der Waals surface area (Å²) in [5.41, 5.74) is 5.21. The Labute approximate surface area is 231 Å². The first-order chi connectivity index (χ1) is 19.3. The Balaban J connectivity index is 1.18. The lowest BCUT2D eigenvalue weighted by Crippen LogP contribution is -2.51. The summed E-state index contributed by atoms with van der Waals surface area (Å²) in [6.45, 7) is 0.938. The molecular formula is C30H31N3O7. The van der Waals surface area contributed by atoms with Gasteiger partial charge in [-0.15, -0.1) is 0 Å². The highest BCUT2D eigenvalue weighted by Gasteiger charge is 2.29. The van der Waals surface area contributed by atoms with E-state index in [9.17, 15) is 24.3 Å². The summed E-state index contributed by atoms with van der Waals surface area (Å²) in [7, 11) is 0. The fraction of sp³-hybridized carbons (Fsp3) is 0.267. The molecule has 10 nitrogen and oxygen atoms in total. The Hall–Kier alpha value is -4.70. The molecule has 1 aliphatic carbocycles. The summed E-state index contributed by atoms with van der Waals surface area (Å²) in [5, 5.41) is 16.6. The average molecular weight is 546 g/mol. The van der Waals surface area contributed by atoms with Crippen LogP contribution < -0.4 is 16.0 Å². The SMILES string of the molecule is CC(OCc1ccccc1)C(NC(=O)CNC(=O)CNC(=O)OCC1c2ccccc2-c2ccccc21)C(=O)O. The third kappa shape index (κ3) is 7.23. The highest BCUT2D eigenvalue weighted by molar-refractivity contribution is 5.89. The lowest BCUT2D eigenvalue weighted by molar-refractivity contribution is -0.146. The fourth-order valence-corrected chi connectivity index (χ4v) is 4.55. The normalized spacial score (nSPS) is 13.3. The Bertz CT molecular complexity index is 1320. The second kappa shape index (κ2) is 13.4. The molecule has 3 amide bonds. The number of fused-ring (bicyclic) bond motifs is 3. The monoisotopic (exact) mass is 545 g/mol. The average Bonchev–Trinajstić information content (AvgIpc) is 3.29. The van der Waals surface area contributed by atoms with Crippen molar-refractivity contribution in [2.45, 2.75) is 31.6 Å². The van der Waals surface area contributed by atoms with Gasteiger partial charge in [-0.3, -0.25) is 9.59 Å². The summed E-state index contributed by atoms with van der Waals surface area (Å²) in [6.07, 6.45) is -1.59. The van der Waals surface area contributed by atoms with Crippen molar-refractivity contribution < 1.29 is 33.8 Å². The van der Waals surface area contributed by atoms with E-state index in [1.54, 1.807) is 6.92 Å². The molecule has 0 aromatic heterocycles. The summed E-state index contributed by atoms with van der Waals surface area (Å²) in [5.74, 6) is -2.73. The number of ether oxygens (including phenoxy) is 2. The lowest BCUT2D eigenvalue weighted by Gasteiger charge is -2.22. The van der Waals surface area contributed by atoms with E-state index in [4.69, 9.17) is 9.47 Å². The van der Waals surface area contributed by atoms with Crippen LogP contribution in [0, 0.1) is 0 Å². The van der Waals surface area contributed by atoms with Crippen LogP contribution in [0.3, 0.4) is 0 Å². The van der Waals surface area contributed by atoms with Crippen molar-refractivity contribution in [3.05, 3.63) is 95.6 Å². The summed E-state index contributed by atoms with van der Waals surface area (Å²) >= 11 is 0. The number of hydrogen-bond acceptors (Lipinski definition) is 6. The first-order valence-corrected chi connectivity index (χ1v) is 12.9. The van der Waals surface area contributed by atoms with Crippen LogP contribution in [0.1, 0.15) is 29.5 Å². The van der Waals surface area contributed by atoms with Crippen molar-refractivity contribution in [3.63, 3.8) is 0 Å². The van der Waals surface area contributed by atoms with E-state index in [2.05, 4.69) is 16.0 Å². The zero-order valence-corrected chi connectivity index (χ0v) is 22.0. The molecule has 208 valence electrons. The quantitative estimate of drug-likeness (QED) is 0.274. The van der Waals surface area contributed by atoms with E-state index in [1.165, 1.54) is 0 Å². The van der Waals surface area contributed by atoms with Crippen LogP contribution in [-0.4, -0.2) is 60.8 Å². The summed E-state index contributed by atoms with van der Waals surface area (Å²) < 4.78 is 11.0. The van der Waals surface area contributed by atoms with Crippen molar-refractivity contribution in [3.8, 4) is 11.1 Å². The number of aliphatic carboxylic acids is 1. The van der Waals surface area contributed by atoms with Crippen LogP contribution >= 0.6 is 0 Å². The topological polar surface area (TPSA) is 143 Å². The van der Waals surface area contributed by atoms with Crippen LogP contribution in [-0.2, 0) is 30.5 Å². The molecule has 0 bridgehead atoms. The van der Waals surface area contributed by atoms with Gasteiger partial charge in [0.05, 0.1) is 19.3 Å². The maximum Gasteiger partial charge on any atom is 0.407 e. The number of carbonyl (C=O) groups excluding carboxylic acids is 3. The lowest BCUT2D eigenvalue weighted by atomic mass is 9.98. The van der Waals surface area contributed by atoms with Crippen molar-refractivity contribution in [1.82, 2.24) is 16.0 Å². The number of carboxylic acids is 1. The molecule has 0 heterocycles. The molecule has 0 spiro atoms. The van der Waals surface area contributed by atoms with Gasteiger partial charge in [0.15, 0.2) is 6.04 Å². The van der Waals surface area contributed by atoms with E-state index in [0.717, 1.165) is 27.8 Å². The zero-order chi connectivity index (χ0) is 28.5. The number of benzene rings is 3. The first-order valence-electron chi connectivity index (χ1n) is 12.9. The Morgan fingerprint density at radius 2 is 1.38 bits per heavy atom. The van der Waals surface area contributed by atoms with Crippen molar-refractivity contribution in [2.75, 3.05) is 19.7 Å². The van der Waals surface area contributed by atoms with Gasteiger partial charge in [0.2, 0.25) is 11.8 Å². The van der Waals surface area contributed by atoms with E-state index < -0.39 is 49.1 Å². The van der Waals surface area contributed by atoms with Crippen LogP contribution in [0.2, 0.25) is 0 Å². The molecule has 40 heavy (non-hydrogen) atoms. The van der Waals surface area contributed by atoms with Crippen molar-refractivity contribution in [1.29, 1.82) is 0 Å². The molecule has 1 aliphatic rings. The highest BCUT2D eigenvalue weighted by Crippen LogP contribution is 2.44. The molecule has 0 aliphatic heterocycles. The van der Waals surface area contributed by atoms with E-state index >= 15 is 0 Å². The number of amides is 3. The van der Waals surface area contributed by atoms with Crippen LogP contribution in [0.4, 0.5) is 4.79 Å². The minimum Gasteiger partial charge on any atom is -0.480 e. The van der Waals surface area contributed by atoms with Crippen LogP contribution in [0.5, 0.6) is 0 Å². The molecule has 3 aromatic rings. The molecular weight excluding hydrogens is 514 g/mol. The molecule has 10 heteroatoms. The second-order valence-electron chi connectivity index (χ2n) is 9.34. The number of alkyl carbamates (subject to hydrolysis) is 1. The van der Waals surface area contributed by atoms with Crippen molar-refractivity contribution in [2.24, 2.45) is 0 Å². The zero-order valence-electron chi connectivity index (χ0n) is 22.0. The number of hydrogen-bond donors (Lipinski definition) is 4. The Kier molecular flexibility index (Phi) is 9.48. The van der Waals surface area contributed by atoms with E-state index in [-0.39, 0.29) is 19.1 Å². The van der Waals surface area contributed by atoms with Gasteiger partial charge in [-0.05, 0) is 34.7 Å². The molecule has 4 N–H and O–H groups in total. The number of carboxylic acid groups (broad SMARTS) is 1. The number of rotatable bonds is 12. The standard InChI is InChI=1S/C30H31N3O7/c1-19(39-17-20-9-3-2-4-10-20)28(29(36)37)33-27(35)16-31-26(34)15-32-30(38)40-18-25-23-13-7-5-11-21(23)22-12-6-8-14-24(22)25/h2-14,19,25,28H,15-18H2,1H3,(H,31,34)(H,32,38)(H,33,35)(H,36,37). The Morgan fingerprint density at radius 1 is 0.800 bits per heavy atom. The van der Waals surface area contributed by atoms with Gasteiger partial charge in [-0.25, -0.2) is 9.59 Å². The van der Waals surface area contributed by atoms with Crippen LogP contribution in [0.15, 0.2) is 78.9 Å². The van der Waals surface area contributed by atoms with E-state index in [1.807, 2.05) is 78.9 Å². The highest BCUT2D eigenvalue weighted by atomic mass is 16.5. The molecule has 2 unspecified atom stereocenters. The molecule has 4 rings (SSSR count). The minimum absolute atomic E-state index is 0.102. The predicted molar refractivity (Wildman–Crippen MR) is 146 cm³/mol. The van der Waals surface area contributed by atoms with Gasteiger partial charge in [-0.1, -0.05) is 78.9 Å². The van der Waals surface area contributed by atoms with E-state index in [0.29, 0.717) is 0 Å². The first kappa shape index (κ1) is 28.3. The molecule has 0 radical (unpaired) electrons. The van der Waals surface area contributed by atoms with Gasteiger partial charge < -0.3 is 30.5 Å². The predicted octanol–water partition coefficient (Wildman–Crippen LogP) is 2.82. The largest absolute Gasteiger partial charge is 0.480 e. The van der Waals surface area contributed by atoms with Gasteiger partial charge in [0, 0.05) is 5.92 Å². The molecule has 0 saturated heterocycles. The summed E-state index contributed by atoms with van der Waals surface area (Å²) in [4.78, 5) is 48.3. The van der Waals surface area contributed by atoms with Crippen molar-refractivity contribution >= 4 is 23.9 Å². The second-order valence-corrected chi connectivity index (χ2v) is 9.34. The molecule has 0 saturated carbocycles. The van der Waals surface area contributed by atoms with Gasteiger partial charge >= 0.3 is 12.1 Å². The molecule has 3 aromatic carbocycles. The van der Waals surface area contributed by atoms with Crippen LogP contribution in [0.25, 0.3) is 11.1 Å². The number of carbonyl (C=O) groups is 4. The third-order valence-electron chi connectivity index (χ3n) is 6.59. The van der Waals surface area contributed by atoms with Gasteiger partial charge in [0.25, 0.3) is 0 Å². The third-order valence-corrected chi connectivity index (χ3v) is 6.59. The smallest absolute Gasteiger partial charge is 0.407 e. The minimum atomic E-state index is -1.31. The fourth-order valence-electron chi connectivity index (χ4n) is 4.55. The Morgan fingerprint density at radius 3 is 2.00 bits per heavy atom.